The zero-order valence-corrected chi connectivity index (χ0v) is 17.4. The van der Waals surface area contributed by atoms with Gasteiger partial charge < -0.3 is 24.3 Å². The number of guanidine groups is 1. The summed E-state index contributed by atoms with van der Waals surface area (Å²) in [5.74, 6) is 1.93. The molecule has 142 valence electrons. The predicted molar refractivity (Wildman–Crippen MR) is 106 cm³/mol. The smallest absolute Gasteiger partial charge is 0.193 e. The molecule has 2 aliphatic heterocycles. The molecule has 0 radical (unpaired) electrons. The highest BCUT2D eigenvalue weighted by atomic mass is 127. The first-order valence-electron chi connectivity index (χ1n) is 8.87. The average molecular weight is 464 g/mol. The largest absolute Gasteiger partial charge is 0.375 e. The van der Waals surface area contributed by atoms with E-state index in [0.29, 0.717) is 0 Å². The number of hydrogen-bond donors (Lipinski definition) is 1. The molecule has 8 nitrogen and oxygen atoms in total. The summed E-state index contributed by atoms with van der Waals surface area (Å²) < 4.78 is 13.8. The van der Waals surface area contributed by atoms with E-state index in [1.54, 1.807) is 6.33 Å². The van der Waals surface area contributed by atoms with E-state index in [4.69, 9.17) is 9.47 Å². The minimum absolute atomic E-state index is 0. The van der Waals surface area contributed by atoms with Crippen molar-refractivity contribution in [3.05, 3.63) is 12.2 Å². The second kappa shape index (κ2) is 10.3. The molecular weight excluding hydrogens is 435 g/mol. The molecule has 1 N–H and O–H groups in total. The van der Waals surface area contributed by atoms with Gasteiger partial charge in [0.1, 0.15) is 18.3 Å². The topological polar surface area (TPSA) is 76.8 Å². The molecule has 1 aromatic heterocycles. The number of halogens is 1. The van der Waals surface area contributed by atoms with Crippen molar-refractivity contribution in [1.29, 1.82) is 0 Å². The fraction of sp³-hybridized carbons (Fsp3) is 0.812. The number of hydrogen-bond acceptors (Lipinski definition) is 5. The molecule has 1 aromatic rings. The summed E-state index contributed by atoms with van der Waals surface area (Å²) in [4.78, 5) is 6.70. The van der Waals surface area contributed by atoms with Crippen molar-refractivity contribution in [3.63, 3.8) is 0 Å². The summed E-state index contributed by atoms with van der Waals surface area (Å²) in [5, 5.41) is 11.5. The third-order valence-electron chi connectivity index (χ3n) is 4.63. The zero-order chi connectivity index (χ0) is 16.8. The van der Waals surface area contributed by atoms with Gasteiger partial charge in [-0.15, -0.1) is 34.2 Å². The molecule has 0 aromatic carbocycles. The number of ether oxygens (including phenoxy) is 2. The van der Waals surface area contributed by atoms with Crippen molar-refractivity contribution in [1.82, 2.24) is 25.0 Å². The number of nitrogens with zero attached hydrogens (tertiary/aromatic N) is 5. The van der Waals surface area contributed by atoms with Crippen molar-refractivity contribution >= 4 is 29.9 Å². The lowest BCUT2D eigenvalue weighted by Gasteiger charge is -2.37. The quantitative estimate of drug-likeness (QED) is 0.397. The lowest BCUT2D eigenvalue weighted by atomic mass is 10.1. The van der Waals surface area contributed by atoms with Gasteiger partial charge in [-0.3, -0.25) is 4.99 Å². The van der Waals surface area contributed by atoms with Crippen LogP contribution in [0, 0.1) is 0 Å². The number of nitrogens with one attached hydrogen (secondary N) is 1. The highest BCUT2D eigenvalue weighted by Gasteiger charge is 2.32. The molecule has 2 unspecified atom stereocenters. The standard InChI is InChI=1S/C16H28N6O2.HI/c1-3-15-20-19-12-22(15)7-6-18-16(17-2)21-8-10-24-14(11-21)13-5-4-9-23-13;/h12-14H,3-11H2,1-2H3,(H,17,18);1H. The Bertz CT molecular complexity index is 546. The second-order valence-corrected chi connectivity index (χ2v) is 6.17. The molecule has 2 atom stereocenters. The number of aromatic nitrogens is 3. The molecule has 0 aliphatic carbocycles. The summed E-state index contributed by atoms with van der Waals surface area (Å²) in [5.41, 5.74) is 0. The number of aryl methyl sites for hydroxylation is 1. The molecule has 25 heavy (non-hydrogen) atoms. The van der Waals surface area contributed by atoms with Crippen LogP contribution in [0.1, 0.15) is 25.6 Å². The van der Waals surface area contributed by atoms with Crippen LogP contribution in [0.25, 0.3) is 0 Å². The van der Waals surface area contributed by atoms with Gasteiger partial charge in [-0.05, 0) is 12.8 Å². The van der Waals surface area contributed by atoms with E-state index in [-0.39, 0.29) is 36.2 Å². The first-order chi connectivity index (χ1) is 11.8. The van der Waals surface area contributed by atoms with Crippen LogP contribution in [0.3, 0.4) is 0 Å². The van der Waals surface area contributed by atoms with Gasteiger partial charge in [-0.1, -0.05) is 6.92 Å². The Morgan fingerprint density at radius 2 is 2.20 bits per heavy atom. The molecule has 3 rings (SSSR count). The lowest BCUT2D eigenvalue weighted by Crippen LogP contribution is -2.53. The third kappa shape index (κ3) is 5.27. The first-order valence-corrected chi connectivity index (χ1v) is 8.87. The van der Waals surface area contributed by atoms with Gasteiger partial charge in [0.05, 0.1) is 12.7 Å². The van der Waals surface area contributed by atoms with Gasteiger partial charge in [0, 0.05) is 46.3 Å². The normalized spacial score (nSPS) is 24.2. The summed E-state index contributed by atoms with van der Waals surface area (Å²) in [7, 11) is 1.83. The average Bonchev–Trinajstić information content (AvgIpc) is 3.30. The van der Waals surface area contributed by atoms with Gasteiger partial charge in [-0.2, -0.15) is 0 Å². The van der Waals surface area contributed by atoms with E-state index in [1.807, 2.05) is 7.05 Å². The minimum Gasteiger partial charge on any atom is -0.375 e. The summed E-state index contributed by atoms with van der Waals surface area (Å²) in [6, 6.07) is 0. The maximum absolute atomic E-state index is 5.91. The zero-order valence-electron chi connectivity index (χ0n) is 15.1. The highest BCUT2D eigenvalue weighted by Crippen LogP contribution is 2.20. The van der Waals surface area contributed by atoms with E-state index in [1.165, 1.54) is 0 Å². The Hall–Kier alpha value is -0.940. The van der Waals surface area contributed by atoms with Gasteiger partial charge >= 0.3 is 0 Å². The van der Waals surface area contributed by atoms with E-state index >= 15 is 0 Å². The van der Waals surface area contributed by atoms with Crippen LogP contribution in [-0.4, -0.2) is 77.7 Å². The van der Waals surface area contributed by atoms with Crippen molar-refractivity contribution in [2.45, 2.75) is 44.9 Å². The Balaban J connectivity index is 0.00000225. The van der Waals surface area contributed by atoms with E-state index < -0.39 is 0 Å². The SMILES string of the molecule is CCc1nncn1CCNC(=NC)N1CCOC(C2CCCO2)C1.I. The summed E-state index contributed by atoms with van der Waals surface area (Å²) in [6.45, 7) is 6.97. The molecule has 2 aliphatic rings. The molecule has 0 bridgehead atoms. The minimum atomic E-state index is 0. The van der Waals surface area contributed by atoms with Crippen LogP contribution in [0.5, 0.6) is 0 Å². The van der Waals surface area contributed by atoms with Gasteiger partial charge in [0.2, 0.25) is 0 Å². The maximum atomic E-state index is 5.91. The first kappa shape index (κ1) is 20.4. The molecule has 0 saturated carbocycles. The Labute approximate surface area is 166 Å². The number of rotatable bonds is 5. The van der Waals surface area contributed by atoms with E-state index in [9.17, 15) is 0 Å². The van der Waals surface area contributed by atoms with Crippen LogP contribution in [0.15, 0.2) is 11.3 Å². The van der Waals surface area contributed by atoms with Crippen molar-refractivity contribution in [2.75, 3.05) is 39.9 Å². The third-order valence-corrected chi connectivity index (χ3v) is 4.63. The molecule has 9 heteroatoms. The predicted octanol–water partition coefficient (Wildman–Crippen LogP) is 0.914. The maximum Gasteiger partial charge on any atom is 0.193 e. The van der Waals surface area contributed by atoms with Crippen molar-refractivity contribution in [3.8, 4) is 0 Å². The molecular formula is C16H29IN6O2. The van der Waals surface area contributed by atoms with Crippen LogP contribution < -0.4 is 5.32 Å². The Kier molecular flexibility index (Phi) is 8.37. The van der Waals surface area contributed by atoms with Gasteiger partial charge in [-0.25, -0.2) is 0 Å². The van der Waals surface area contributed by atoms with Crippen LogP contribution in [-0.2, 0) is 22.4 Å². The van der Waals surface area contributed by atoms with Crippen molar-refractivity contribution < 1.29 is 9.47 Å². The van der Waals surface area contributed by atoms with E-state index in [0.717, 1.165) is 70.4 Å². The molecule has 0 amide bonds. The van der Waals surface area contributed by atoms with Gasteiger partial charge in [0.25, 0.3) is 0 Å². The Morgan fingerprint density at radius 3 is 2.92 bits per heavy atom. The molecule has 2 saturated heterocycles. The van der Waals surface area contributed by atoms with Gasteiger partial charge in [0.15, 0.2) is 5.96 Å². The van der Waals surface area contributed by atoms with E-state index in [2.05, 4.69) is 36.9 Å². The molecule has 2 fully saturated rings. The molecule has 3 heterocycles. The van der Waals surface area contributed by atoms with Crippen LogP contribution in [0.4, 0.5) is 0 Å². The van der Waals surface area contributed by atoms with Crippen LogP contribution in [0.2, 0.25) is 0 Å². The fourth-order valence-corrected chi connectivity index (χ4v) is 3.35. The Morgan fingerprint density at radius 1 is 1.36 bits per heavy atom. The summed E-state index contributed by atoms with van der Waals surface area (Å²) in [6.07, 6.45) is 5.28. The lowest BCUT2D eigenvalue weighted by molar-refractivity contribution is -0.0816. The summed E-state index contributed by atoms with van der Waals surface area (Å²) >= 11 is 0. The highest BCUT2D eigenvalue weighted by molar-refractivity contribution is 14.0. The fourth-order valence-electron chi connectivity index (χ4n) is 3.35. The second-order valence-electron chi connectivity index (χ2n) is 6.17. The number of morpholine rings is 1. The monoisotopic (exact) mass is 464 g/mol. The number of aliphatic imine (C=N–C) groups is 1. The van der Waals surface area contributed by atoms with Crippen LogP contribution >= 0.6 is 24.0 Å². The van der Waals surface area contributed by atoms with Crippen molar-refractivity contribution in [2.24, 2.45) is 4.99 Å². The molecule has 0 spiro atoms.